The van der Waals surface area contributed by atoms with Crippen LogP contribution in [0.25, 0.3) is 11.0 Å². The zero-order valence-corrected chi connectivity index (χ0v) is 15.5. The Bertz CT molecular complexity index is 1100. The van der Waals surface area contributed by atoms with Gasteiger partial charge in [0.15, 0.2) is 0 Å². The summed E-state index contributed by atoms with van der Waals surface area (Å²) in [5.74, 6) is 0.154. The number of nitrogens with one attached hydrogen (secondary N) is 1. The Morgan fingerprint density at radius 1 is 1.00 bits per heavy atom. The van der Waals surface area contributed by atoms with E-state index in [-0.39, 0.29) is 17.8 Å². The molecule has 1 aromatic heterocycles. The van der Waals surface area contributed by atoms with Crippen molar-refractivity contribution >= 4 is 16.9 Å². The molecule has 1 heterocycles. The maximum Gasteiger partial charge on any atom is 0.251 e. The lowest BCUT2D eigenvalue weighted by atomic mass is 10.0. The van der Waals surface area contributed by atoms with Crippen LogP contribution in [0.1, 0.15) is 27.8 Å². The Kier molecular flexibility index (Phi) is 4.89. The first kappa shape index (κ1) is 17.9. The first-order valence-corrected chi connectivity index (χ1v) is 9.13. The highest BCUT2D eigenvalue weighted by Gasteiger charge is 2.22. The molecule has 0 spiro atoms. The van der Waals surface area contributed by atoms with E-state index >= 15 is 0 Å². The summed E-state index contributed by atoms with van der Waals surface area (Å²) in [5.41, 5.74) is 3.40. The molecule has 0 fully saturated rings. The highest BCUT2D eigenvalue weighted by molar-refractivity contribution is 5.94. The number of hydrogen-bond acceptors (Lipinski definition) is 2. The van der Waals surface area contributed by atoms with Gasteiger partial charge in [0, 0.05) is 12.6 Å². The lowest BCUT2D eigenvalue weighted by molar-refractivity contribution is 0.0934. The van der Waals surface area contributed by atoms with Gasteiger partial charge in [-0.2, -0.15) is 0 Å². The summed E-state index contributed by atoms with van der Waals surface area (Å²) >= 11 is 0. The first-order chi connectivity index (χ1) is 13.6. The van der Waals surface area contributed by atoms with Gasteiger partial charge in [-0.1, -0.05) is 42.5 Å². The number of carbonyl (C=O) groups excluding carboxylic acids is 1. The van der Waals surface area contributed by atoms with E-state index in [0.717, 1.165) is 22.4 Å². The highest BCUT2D eigenvalue weighted by atomic mass is 19.1. The molecule has 3 aromatic carbocycles. The third-order valence-corrected chi connectivity index (χ3v) is 4.83. The smallest absolute Gasteiger partial charge is 0.251 e. The summed E-state index contributed by atoms with van der Waals surface area (Å²) in [7, 11) is 1.95. The molecular formula is C23H20FN3O. The Labute approximate surface area is 162 Å². The number of aromatic nitrogens is 2. The van der Waals surface area contributed by atoms with Gasteiger partial charge < -0.3 is 9.88 Å². The number of amides is 1. The Morgan fingerprint density at radius 3 is 2.39 bits per heavy atom. The predicted octanol–water partition coefficient (Wildman–Crippen LogP) is 4.43. The molecule has 0 saturated heterocycles. The van der Waals surface area contributed by atoms with Crippen molar-refractivity contribution in [1.82, 2.24) is 14.9 Å². The van der Waals surface area contributed by atoms with Crippen LogP contribution < -0.4 is 5.32 Å². The quantitative estimate of drug-likeness (QED) is 0.563. The molecule has 1 amide bonds. The highest BCUT2D eigenvalue weighted by Crippen LogP contribution is 2.23. The van der Waals surface area contributed by atoms with Crippen molar-refractivity contribution in [2.24, 2.45) is 7.05 Å². The fourth-order valence-electron chi connectivity index (χ4n) is 3.38. The molecule has 1 N–H and O–H groups in total. The minimum absolute atomic E-state index is 0.256. The molecule has 0 aliphatic carbocycles. The maximum atomic E-state index is 13.2. The lowest BCUT2D eigenvalue weighted by Crippen LogP contribution is -2.31. The zero-order chi connectivity index (χ0) is 19.5. The topological polar surface area (TPSA) is 46.9 Å². The van der Waals surface area contributed by atoms with Gasteiger partial charge in [-0.3, -0.25) is 4.79 Å². The van der Waals surface area contributed by atoms with E-state index in [1.165, 1.54) is 24.3 Å². The van der Waals surface area contributed by atoms with Crippen molar-refractivity contribution in [3.8, 4) is 0 Å². The van der Waals surface area contributed by atoms with Crippen molar-refractivity contribution in [2.45, 2.75) is 12.5 Å². The van der Waals surface area contributed by atoms with Gasteiger partial charge in [0.05, 0.1) is 17.1 Å². The van der Waals surface area contributed by atoms with E-state index in [0.29, 0.717) is 12.0 Å². The number of fused-ring (bicyclic) bond motifs is 1. The Morgan fingerprint density at radius 2 is 1.68 bits per heavy atom. The van der Waals surface area contributed by atoms with E-state index in [9.17, 15) is 9.18 Å². The van der Waals surface area contributed by atoms with E-state index in [1.54, 1.807) is 0 Å². The van der Waals surface area contributed by atoms with Crippen LogP contribution in [0.4, 0.5) is 4.39 Å². The molecule has 0 saturated carbocycles. The fourth-order valence-corrected chi connectivity index (χ4v) is 3.38. The van der Waals surface area contributed by atoms with Gasteiger partial charge in [-0.25, -0.2) is 9.37 Å². The summed E-state index contributed by atoms with van der Waals surface area (Å²) in [6.07, 6.45) is 0.602. The first-order valence-electron chi connectivity index (χ1n) is 9.13. The minimum Gasteiger partial charge on any atom is -0.342 e. The summed E-state index contributed by atoms with van der Waals surface area (Å²) in [4.78, 5) is 17.5. The van der Waals surface area contributed by atoms with Crippen LogP contribution in [-0.2, 0) is 13.5 Å². The number of carbonyl (C=O) groups is 1. The van der Waals surface area contributed by atoms with Crippen molar-refractivity contribution in [3.63, 3.8) is 0 Å². The summed E-state index contributed by atoms with van der Waals surface area (Å²) in [6, 6.07) is 23.1. The molecule has 5 heteroatoms. The minimum atomic E-state index is -0.368. The monoisotopic (exact) mass is 373 g/mol. The number of para-hydroxylation sites is 2. The molecule has 1 atom stereocenters. The number of nitrogens with zero attached hydrogens (tertiary/aromatic N) is 2. The second kappa shape index (κ2) is 7.64. The number of imidazole rings is 1. The van der Waals surface area contributed by atoms with Crippen LogP contribution in [0, 0.1) is 5.82 Å². The van der Waals surface area contributed by atoms with E-state index in [2.05, 4.69) is 5.32 Å². The molecule has 4 aromatic rings. The molecule has 0 aliphatic rings. The van der Waals surface area contributed by atoms with Crippen molar-refractivity contribution < 1.29 is 9.18 Å². The van der Waals surface area contributed by atoms with Gasteiger partial charge in [-0.15, -0.1) is 0 Å². The van der Waals surface area contributed by atoms with Crippen LogP contribution in [0.5, 0.6) is 0 Å². The average molecular weight is 373 g/mol. The number of halogens is 1. The normalized spacial score (nSPS) is 12.1. The predicted molar refractivity (Wildman–Crippen MR) is 107 cm³/mol. The standard InChI is InChI=1S/C23H20FN3O/c1-27-21-10-6-5-9-19(21)25-22(27)20(15-16-7-3-2-4-8-16)26-23(28)17-11-13-18(24)14-12-17/h2-14,20H,15H2,1H3,(H,26,28)/t20-/m0/s1. The van der Waals surface area contributed by atoms with Crippen LogP contribution in [0.15, 0.2) is 78.9 Å². The molecule has 28 heavy (non-hydrogen) atoms. The largest absolute Gasteiger partial charge is 0.342 e. The number of benzene rings is 3. The third-order valence-electron chi connectivity index (χ3n) is 4.83. The molecule has 140 valence electrons. The fraction of sp³-hybridized carbons (Fsp3) is 0.130. The number of rotatable bonds is 5. The zero-order valence-electron chi connectivity index (χ0n) is 15.5. The number of hydrogen-bond donors (Lipinski definition) is 1. The van der Waals surface area contributed by atoms with Gasteiger partial charge in [0.2, 0.25) is 0 Å². The molecular weight excluding hydrogens is 353 g/mol. The molecule has 0 aliphatic heterocycles. The third kappa shape index (κ3) is 3.64. The molecule has 0 bridgehead atoms. The van der Waals surface area contributed by atoms with Crippen LogP contribution in [0.2, 0.25) is 0 Å². The van der Waals surface area contributed by atoms with Crippen molar-refractivity contribution in [2.75, 3.05) is 0 Å². The van der Waals surface area contributed by atoms with Crippen molar-refractivity contribution in [1.29, 1.82) is 0 Å². The average Bonchev–Trinajstić information content (AvgIpc) is 3.05. The lowest BCUT2D eigenvalue weighted by Gasteiger charge is -2.19. The van der Waals surface area contributed by atoms with Gasteiger partial charge in [0.25, 0.3) is 5.91 Å². The Balaban J connectivity index is 1.69. The molecule has 4 rings (SSSR count). The van der Waals surface area contributed by atoms with E-state index in [1.807, 2.05) is 66.2 Å². The van der Waals surface area contributed by atoms with Gasteiger partial charge in [-0.05, 0) is 48.4 Å². The second-order valence-corrected chi connectivity index (χ2v) is 6.74. The van der Waals surface area contributed by atoms with Gasteiger partial charge in [0.1, 0.15) is 11.6 Å². The second-order valence-electron chi connectivity index (χ2n) is 6.74. The number of aryl methyl sites for hydroxylation is 1. The SMILES string of the molecule is Cn1c([C@H](Cc2ccccc2)NC(=O)c2ccc(F)cc2)nc2ccccc21. The van der Waals surface area contributed by atoms with E-state index < -0.39 is 0 Å². The van der Waals surface area contributed by atoms with Crippen LogP contribution in [0.3, 0.4) is 0 Å². The van der Waals surface area contributed by atoms with E-state index in [4.69, 9.17) is 4.98 Å². The molecule has 4 nitrogen and oxygen atoms in total. The van der Waals surface area contributed by atoms with Gasteiger partial charge >= 0.3 is 0 Å². The molecule has 0 unspecified atom stereocenters. The summed E-state index contributed by atoms with van der Waals surface area (Å²) in [5, 5.41) is 3.07. The Hall–Kier alpha value is -3.47. The van der Waals surface area contributed by atoms with Crippen LogP contribution in [-0.4, -0.2) is 15.5 Å². The molecule has 0 radical (unpaired) electrons. The van der Waals surface area contributed by atoms with Crippen LogP contribution >= 0.6 is 0 Å². The summed E-state index contributed by atoms with van der Waals surface area (Å²) in [6.45, 7) is 0. The maximum absolute atomic E-state index is 13.2. The summed E-state index contributed by atoms with van der Waals surface area (Å²) < 4.78 is 15.2. The van der Waals surface area contributed by atoms with Crippen molar-refractivity contribution in [3.05, 3.63) is 102 Å².